The van der Waals surface area contributed by atoms with Gasteiger partial charge in [-0.2, -0.15) is 0 Å². The molecule has 0 atom stereocenters. The first-order valence-electron chi connectivity index (χ1n) is 3.74. The molecule has 0 spiro atoms. The van der Waals surface area contributed by atoms with Crippen molar-refractivity contribution in [1.82, 2.24) is 0 Å². The highest BCUT2D eigenvalue weighted by Crippen LogP contribution is 2.10. The van der Waals surface area contributed by atoms with Crippen molar-refractivity contribution < 1.29 is 9.53 Å². The van der Waals surface area contributed by atoms with E-state index in [9.17, 15) is 4.79 Å². The van der Waals surface area contributed by atoms with Gasteiger partial charge in [0, 0.05) is 9.66 Å². The maximum atomic E-state index is 11.4. The molecule has 0 fully saturated rings. The van der Waals surface area contributed by atoms with E-state index in [0.29, 0.717) is 21.9 Å². The summed E-state index contributed by atoms with van der Waals surface area (Å²) in [7, 11) is 6.06. The van der Waals surface area contributed by atoms with Crippen LogP contribution in [0.2, 0.25) is 0 Å². The van der Waals surface area contributed by atoms with Crippen LogP contribution in [0.15, 0.2) is 22.7 Å². The molecule has 0 bridgehead atoms. The van der Waals surface area contributed by atoms with Gasteiger partial charge in [-0.3, -0.25) is 0 Å². The Balaban J connectivity index is 3.27. The number of carbonyl (C=O) groups excluding carboxylic acids is 1. The fourth-order valence-corrected chi connectivity index (χ4v) is 4.21. The normalized spacial score (nSPS) is 8.79. The second kappa shape index (κ2) is 5.64. The van der Waals surface area contributed by atoms with Crippen LogP contribution in [-0.4, -0.2) is 39.2 Å². The van der Waals surface area contributed by atoms with Gasteiger partial charge < -0.3 is 4.74 Å². The van der Waals surface area contributed by atoms with Gasteiger partial charge in [-0.25, -0.2) is 4.79 Å². The lowest BCUT2D eigenvalue weighted by molar-refractivity contribution is 0.0602. The summed E-state index contributed by atoms with van der Waals surface area (Å²) in [5.41, 5.74) is 0.644. The zero-order valence-electron chi connectivity index (χ0n) is 7.43. The van der Waals surface area contributed by atoms with Crippen LogP contribution in [0, 0.1) is 0 Å². The van der Waals surface area contributed by atoms with Gasteiger partial charge in [0.15, 0.2) is 0 Å². The molecule has 0 aliphatic carbocycles. The predicted octanol–water partition coefficient (Wildman–Crippen LogP) is 0.268. The lowest BCUT2D eigenvalue weighted by atomic mass is 10.2. The Labute approximate surface area is 98.0 Å². The van der Waals surface area contributed by atoms with E-state index in [-0.39, 0.29) is 5.97 Å². The van der Waals surface area contributed by atoms with E-state index in [1.165, 1.54) is 7.11 Å². The Bertz CT molecular complexity index is 422. The molecule has 0 heterocycles. The molecule has 2 nitrogen and oxygen atoms in total. The van der Waals surface area contributed by atoms with E-state index < -0.39 is 0 Å². The van der Waals surface area contributed by atoms with E-state index in [1.54, 1.807) is 6.07 Å². The molecule has 14 heavy (non-hydrogen) atoms. The van der Waals surface area contributed by atoms with Crippen LogP contribution < -0.4 is 5.19 Å². The Kier molecular flexibility index (Phi) is 4.79. The number of hydrogen-bond acceptors (Lipinski definition) is 2. The number of halogens is 1. The van der Waals surface area contributed by atoms with Crippen molar-refractivity contribution in [3.8, 4) is 0 Å². The molecule has 0 aliphatic heterocycles. The van der Waals surface area contributed by atoms with Gasteiger partial charge >= 0.3 is 5.97 Å². The first-order chi connectivity index (χ1) is 6.69. The quantitative estimate of drug-likeness (QED) is 0.549. The van der Waals surface area contributed by atoms with Crippen molar-refractivity contribution in [2.75, 3.05) is 7.11 Å². The first kappa shape index (κ1) is 11.9. The lowest BCUT2D eigenvalue weighted by Crippen LogP contribution is -2.19. The molecule has 0 amide bonds. The average Bonchev–Trinajstić information content (AvgIpc) is 2.20. The second-order valence-electron chi connectivity index (χ2n) is 2.43. The summed E-state index contributed by atoms with van der Waals surface area (Å²) in [4.78, 5) is 11.4. The van der Waals surface area contributed by atoms with Crippen LogP contribution in [0.5, 0.6) is 0 Å². The fraction of sp³-hybridized carbons (Fsp3) is 0.125. The van der Waals surface area contributed by atoms with E-state index in [4.69, 9.17) is 4.74 Å². The van der Waals surface area contributed by atoms with Gasteiger partial charge in [0.05, 0.1) is 22.4 Å². The van der Waals surface area contributed by atoms with E-state index >= 15 is 0 Å². The molecule has 1 aromatic rings. The standard InChI is InChI=1S/C8H6BrO2Si3/c1-11-8(10)6-4-5(9)2-3-7(6)13-14-12/h2-4H,1H3. The van der Waals surface area contributed by atoms with Crippen molar-refractivity contribution in [2.24, 2.45) is 0 Å². The van der Waals surface area contributed by atoms with Gasteiger partial charge in [0.1, 0.15) is 0 Å². The van der Waals surface area contributed by atoms with Gasteiger partial charge in [0.2, 0.25) is 0 Å². The van der Waals surface area contributed by atoms with Crippen LogP contribution in [0.25, 0.3) is 0 Å². The minimum atomic E-state index is -0.279. The average molecular weight is 298 g/mol. The molecule has 0 saturated heterocycles. The minimum absolute atomic E-state index is 0.279. The Morgan fingerprint density at radius 1 is 1.57 bits per heavy atom. The molecule has 0 aromatic heterocycles. The van der Waals surface area contributed by atoms with Crippen molar-refractivity contribution >= 4 is 53.2 Å². The molecule has 3 radical (unpaired) electrons. The third-order valence-corrected chi connectivity index (χ3v) is 5.22. The highest BCUT2D eigenvalue weighted by atomic mass is 79.9. The summed E-state index contributed by atoms with van der Waals surface area (Å²) in [6.07, 6.45) is 0. The van der Waals surface area contributed by atoms with Crippen LogP contribution >= 0.6 is 15.9 Å². The zero-order valence-corrected chi connectivity index (χ0v) is 12.0. The van der Waals surface area contributed by atoms with E-state index in [2.05, 4.69) is 25.7 Å². The minimum Gasteiger partial charge on any atom is -0.465 e. The molecular weight excluding hydrogens is 292 g/mol. The Morgan fingerprint density at radius 3 is 2.86 bits per heavy atom. The maximum absolute atomic E-state index is 11.4. The van der Waals surface area contributed by atoms with Crippen LogP contribution in [0.4, 0.5) is 0 Å². The highest BCUT2D eigenvalue weighted by Gasteiger charge is 2.09. The summed E-state index contributed by atoms with van der Waals surface area (Å²) in [6, 6.07) is 5.67. The summed E-state index contributed by atoms with van der Waals surface area (Å²) in [5.74, 6) is -0.279. The number of benzene rings is 1. The molecule has 0 N–H and O–H groups in total. The van der Waals surface area contributed by atoms with E-state index in [0.717, 1.165) is 9.66 Å². The molecule has 1 rings (SSSR count). The Hall–Kier alpha value is -0.179. The van der Waals surface area contributed by atoms with Crippen molar-refractivity contribution in [1.29, 1.82) is 0 Å². The van der Waals surface area contributed by atoms with Crippen molar-refractivity contribution in [3.63, 3.8) is 0 Å². The third kappa shape index (κ3) is 2.91. The fourth-order valence-electron chi connectivity index (χ4n) is 0.972. The van der Waals surface area contributed by atoms with E-state index in [1.807, 2.05) is 12.1 Å². The summed E-state index contributed by atoms with van der Waals surface area (Å²) >= 11 is 3.33. The number of hydrogen-bond donors (Lipinski definition) is 0. The third-order valence-electron chi connectivity index (χ3n) is 1.58. The molecule has 6 heteroatoms. The molecule has 0 aliphatic rings. The van der Waals surface area contributed by atoms with Crippen molar-refractivity contribution in [3.05, 3.63) is 28.2 Å². The number of rotatable bonds is 1. The summed E-state index contributed by atoms with van der Waals surface area (Å²) in [5, 5.41) is 1.04. The molecule has 1 aromatic carbocycles. The van der Waals surface area contributed by atoms with Crippen LogP contribution in [0.3, 0.4) is 0 Å². The molecule has 69 valence electrons. The van der Waals surface area contributed by atoms with Gasteiger partial charge in [0.25, 0.3) is 0 Å². The molecule has 0 saturated carbocycles. The highest BCUT2D eigenvalue weighted by molar-refractivity contribution is 9.10. The smallest absolute Gasteiger partial charge is 0.338 e. The lowest BCUT2D eigenvalue weighted by Gasteiger charge is -2.03. The van der Waals surface area contributed by atoms with Crippen LogP contribution in [0.1, 0.15) is 10.4 Å². The first-order valence-corrected chi connectivity index (χ1v) is 9.04. The van der Waals surface area contributed by atoms with Crippen LogP contribution in [-0.2, 0) is 4.74 Å². The summed E-state index contributed by atoms with van der Waals surface area (Å²) in [6.45, 7) is 0. The molecule has 0 unspecified atom stereocenters. The maximum Gasteiger partial charge on any atom is 0.338 e. The predicted molar refractivity (Wildman–Crippen MR) is 62.4 cm³/mol. The van der Waals surface area contributed by atoms with Gasteiger partial charge in [-0.05, 0) is 20.5 Å². The largest absolute Gasteiger partial charge is 0.465 e. The monoisotopic (exact) mass is 297 g/mol. The van der Waals surface area contributed by atoms with Gasteiger partial charge in [-0.15, -0.1) is 0 Å². The SMILES string of the molecule is COC(=O)c1cc(Br)ccc1[Si]#[Si][Si]. The number of carbonyl (C=O) groups is 1. The number of esters is 1. The topological polar surface area (TPSA) is 26.3 Å². The second-order valence-corrected chi connectivity index (χ2v) is 8.14. The number of ether oxygens (including phenoxy) is 1. The van der Waals surface area contributed by atoms with Crippen molar-refractivity contribution in [2.45, 2.75) is 0 Å². The summed E-state index contributed by atoms with van der Waals surface area (Å²) < 4.78 is 5.60. The van der Waals surface area contributed by atoms with Gasteiger partial charge in [-0.1, -0.05) is 29.9 Å². The number of methoxy groups -OCH3 is 1. The molecular formula is C8H6BrO2Si3. The zero-order chi connectivity index (χ0) is 10.6. The Morgan fingerprint density at radius 2 is 2.29 bits per heavy atom.